The van der Waals surface area contributed by atoms with Gasteiger partial charge >= 0.3 is 0 Å². The van der Waals surface area contributed by atoms with Crippen LogP contribution in [0.3, 0.4) is 0 Å². The van der Waals surface area contributed by atoms with Crippen molar-refractivity contribution in [3.05, 3.63) is 98.9 Å². The zero-order valence-corrected chi connectivity index (χ0v) is 18.7. The molecule has 0 fully saturated rings. The smallest absolute Gasteiger partial charge is 0.291 e. The van der Waals surface area contributed by atoms with Crippen LogP contribution in [0.5, 0.6) is 0 Å². The summed E-state index contributed by atoms with van der Waals surface area (Å²) in [7, 11) is 0. The van der Waals surface area contributed by atoms with Crippen LogP contribution in [0.25, 0.3) is 0 Å². The Balaban J connectivity index is 1.48. The van der Waals surface area contributed by atoms with Crippen LogP contribution in [-0.2, 0) is 13.0 Å². The van der Waals surface area contributed by atoms with Crippen molar-refractivity contribution in [3.8, 4) is 0 Å². The average Bonchev–Trinajstić information content (AvgIpc) is 3.54. The van der Waals surface area contributed by atoms with E-state index in [0.717, 1.165) is 11.3 Å². The Bertz CT molecular complexity index is 1150. The molecule has 0 atom stereocenters. The van der Waals surface area contributed by atoms with Gasteiger partial charge in [-0.3, -0.25) is 9.59 Å². The van der Waals surface area contributed by atoms with Gasteiger partial charge in [0.15, 0.2) is 5.76 Å². The molecule has 0 spiro atoms. The first-order valence-corrected chi connectivity index (χ1v) is 11.5. The third kappa shape index (κ3) is 5.51. The normalized spacial score (nSPS) is 10.7. The van der Waals surface area contributed by atoms with Gasteiger partial charge in [-0.05, 0) is 55.3 Å². The number of amides is 2. The lowest BCUT2D eigenvalue weighted by atomic mass is 10.1. The van der Waals surface area contributed by atoms with E-state index in [-0.39, 0.29) is 17.6 Å². The highest BCUT2D eigenvalue weighted by atomic mass is 32.1. The summed E-state index contributed by atoms with van der Waals surface area (Å²) in [6.45, 7) is 3.25. The molecule has 0 bridgehead atoms. The molecule has 1 aromatic carbocycles. The number of nitrogens with zero attached hydrogens (tertiary/aromatic N) is 1. The monoisotopic (exact) mass is 450 g/mol. The van der Waals surface area contributed by atoms with Crippen molar-refractivity contribution >= 4 is 39.5 Å². The second-order valence-electron chi connectivity index (χ2n) is 7.07. The molecule has 0 aliphatic carbocycles. The first-order chi connectivity index (χ1) is 15.1. The van der Waals surface area contributed by atoms with E-state index in [1.807, 2.05) is 23.1 Å². The molecule has 0 radical (unpaired) electrons. The van der Waals surface area contributed by atoms with Crippen LogP contribution in [0.15, 0.2) is 77.4 Å². The number of furan rings is 1. The molecule has 158 valence electrons. The minimum absolute atomic E-state index is 0.0366. The molecule has 3 heterocycles. The van der Waals surface area contributed by atoms with Crippen molar-refractivity contribution in [1.29, 1.82) is 0 Å². The number of nitrogens with one attached hydrogen (secondary N) is 1. The summed E-state index contributed by atoms with van der Waals surface area (Å²) < 4.78 is 5.12. The summed E-state index contributed by atoms with van der Waals surface area (Å²) in [6, 6.07) is 21.1. The quantitative estimate of drug-likeness (QED) is 0.366. The Kier molecular flexibility index (Phi) is 6.64. The standard InChI is InChI=1S/C24H22N2O3S2/c1-17-9-10-19(30-17)16-26(14-13-18-6-3-2-4-7-18)24(28)21-11-12-22(31-21)25-23(27)20-8-5-15-29-20/h2-12,15H,13-14,16H2,1H3,(H,25,27). The Hall–Kier alpha value is -3.16. The van der Waals surface area contributed by atoms with Crippen molar-refractivity contribution in [3.63, 3.8) is 0 Å². The van der Waals surface area contributed by atoms with E-state index in [1.54, 1.807) is 35.6 Å². The molecule has 7 heteroatoms. The second kappa shape index (κ2) is 9.76. The van der Waals surface area contributed by atoms with Crippen LogP contribution < -0.4 is 5.32 Å². The van der Waals surface area contributed by atoms with E-state index in [4.69, 9.17) is 4.42 Å². The zero-order valence-electron chi connectivity index (χ0n) is 17.0. The van der Waals surface area contributed by atoms with Gasteiger partial charge in [0.05, 0.1) is 22.7 Å². The molecule has 0 aliphatic rings. The van der Waals surface area contributed by atoms with Gasteiger partial charge in [0.2, 0.25) is 0 Å². The molecular weight excluding hydrogens is 428 g/mol. The summed E-state index contributed by atoms with van der Waals surface area (Å²) in [6.07, 6.45) is 2.24. The number of hydrogen-bond donors (Lipinski definition) is 1. The maximum atomic E-state index is 13.3. The summed E-state index contributed by atoms with van der Waals surface area (Å²) in [4.78, 5) is 30.4. The Labute approximate surface area is 189 Å². The average molecular weight is 451 g/mol. The minimum Gasteiger partial charge on any atom is -0.459 e. The maximum absolute atomic E-state index is 13.3. The van der Waals surface area contributed by atoms with Crippen LogP contribution in [0, 0.1) is 6.92 Å². The van der Waals surface area contributed by atoms with Gasteiger partial charge in [0, 0.05) is 16.3 Å². The highest BCUT2D eigenvalue weighted by Gasteiger charge is 2.20. The molecule has 0 unspecified atom stereocenters. The fourth-order valence-corrected chi connectivity index (χ4v) is 4.95. The predicted octanol–water partition coefficient (Wildman–Crippen LogP) is 5.85. The zero-order chi connectivity index (χ0) is 21.6. The molecular formula is C24H22N2O3S2. The number of thiophene rings is 2. The number of hydrogen-bond acceptors (Lipinski definition) is 5. The third-order valence-corrected chi connectivity index (χ3v) is 6.72. The highest BCUT2D eigenvalue weighted by molar-refractivity contribution is 7.18. The van der Waals surface area contributed by atoms with Gasteiger partial charge < -0.3 is 14.6 Å². The van der Waals surface area contributed by atoms with Crippen molar-refractivity contribution in [2.75, 3.05) is 11.9 Å². The second-order valence-corrected chi connectivity index (χ2v) is 9.53. The van der Waals surface area contributed by atoms with E-state index < -0.39 is 0 Å². The topological polar surface area (TPSA) is 62.6 Å². The van der Waals surface area contributed by atoms with E-state index in [9.17, 15) is 9.59 Å². The summed E-state index contributed by atoms with van der Waals surface area (Å²) in [5.41, 5.74) is 1.19. The lowest BCUT2D eigenvalue weighted by Gasteiger charge is -2.21. The Morgan fingerprint density at radius 2 is 1.81 bits per heavy atom. The lowest BCUT2D eigenvalue weighted by molar-refractivity contribution is 0.0751. The predicted molar refractivity (Wildman–Crippen MR) is 125 cm³/mol. The molecule has 31 heavy (non-hydrogen) atoms. The summed E-state index contributed by atoms with van der Waals surface area (Å²) in [5, 5.41) is 3.40. The largest absolute Gasteiger partial charge is 0.459 e. The van der Waals surface area contributed by atoms with Crippen LogP contribution in [-0.4, -0.2) is 23.3 Å². The molecule has 3 aromatic heterocycles. The Morgan fingerprint density at radius 1 is 0.968 bits per heavy atom. The number of anilines is 1. The molecule has 0 saturated heterocycles. The first kappa shape index (κ1) is 21.1. The van der Waals surface area contributed by atoms with Crippen LogP contribution in [0.4, 0.5) is 5.00 Å². The van der Waals surface area contributed by atoms with Crippen LogP contribution >= 0.6 is 22.7 Å². The van der Waals surface area contributed by atoms with Gasteiger partial charge in [-0.1, -0.05) is 30.3 Å². The minimum atomic E-state index is -0.333. The van der Waals surface area contributed by atoms with Crippen LogP contribution in [0.2, 0.25) is 0 Å². The summed E-state index contributed by atoms with van der Waals surface area (Å²) >= 11 is 2.98. The van der Waals surface area contributed by atoms with Gasteiger partial charge in [0.1, 0.15) is 0 Å². The van der Waals surface area contributed by atoms with Crippen molar-refractivity contribution < 1.29 is 14.0 Å². The maximum Gasteiger partial charge on any atom is 0.291 e. The fraction of sp³-hybridized carbons (Fsp3) is 0.167. The fourth-order valence-electron chi connectivity index (χ4n) is 3.18. The summed E-state index contributed by atoms with van der Waals surface area (Å²) in [5.74, 6) is -0.134. The molecule has 4 rings (SSSR count). The van der Waals surface area contributed by atoms with Gasteiger partial charge in [-0.15, -0.1) is 22.7 Å². The lowest BCUT2D eigenvalue weighted by Crippen LogP contribution is -2.31. The third-order valence-electron chi connectivity index (χ3n) is 4.74. The first-order valence-electron chi connectivity index (χ1n) is 9.92. The van der Waals surface area contributed by atoms with Crippen molar-refractivity contribution in [2.24, 2.45) is 0 Å². The van der Waals surface area contributed by atoms with Gasteiger partial charge in [-0.2, -0.15) is 0 Å². The highest BCUT2D eigenvalue weighted by Crippen LogP contribution is 2.26. The van der Waals surface area contributed by atoms with Crippen LogP contribution in [0.1, 0.15) is 35.5 Å². The molecule has 4 aromatic rings. The molecule has 2 amide bonds. The van der Waals surface area contributed by atoms with Crippen molar-refractivity contribution in [1.82, 2.24) is 4.90 Å². The van der Waals surface area contributed by atoms with Crippen molar-refractivity contribution in [2.45, 2.75) is 19.9 Å². The number of carbonyl (C=O) groups is 2. The molecule has 0 aliphatic heterocycles. The van der Waals surface area contributed by atoms with Gasteiger partial charge in [-0.25, -0.2) is 0 Å². The van der Waals surface area contributed by atoms with E-state index >= 15 is 0 Å². The molecule has 1 N–H and O–H groups in total. The molecule has 0 saturated carbocycles. The number of rotatable bonds is 8. The van der Waals surface area contributed by atoms with Gasteiger partial charge in [0.25, 0.3) is 11.8 Å². The Morgan fingerprint density at radius 3 is 2.52 bits per heavy atom. The van der Waals surface area contributed by atoms with E-state index in [0.29, 0.717) is 23.0 Å². The number of benzene rings is 1. The number of aryl methyl sites for hydroxylation is 1. The number of carbonyl (C=O) groups excluding carboxylic acids is 2. The molecule has 5 nitrogen and oxygen atoms in total. The van der Waals surface area contributed by atoms with E-state index in [2.05, 4.69) is 36.5 Å². The SMILES string of the molecule is Cc1ccc(CN(CCc2ccccc2)C(=O)c2ccc(NC(=O)c3ccco3)s2)s1. The van der Waals surface area contributed by atoms with E-state index in [1.165, 1.54) is 28.0 Å².